The summed E-state index contributed by atoms with van der Waals surface area (Å²) >= 11 is 0. The molecule has 98 valence electrons. The lowest BCUT2D eigenvalue weighted by atomic mass is 10.2. The number of pyridine rings is 1. The van der Waals surface area contributed by atoms with Gasteiger partial charge >= 0.3 is 6.09 Å². The maximum Gasteiger partial charge on any atom is 0.410 e. The molecule has 5 heteroatoms. The molecule has 0 radical (unpaired) electrons. The maximum atomic E-state index is 11.9. The van der Waals surface area contributed by atoms with Crippen molar-refractivity contribution < 1.29 is 14.6 Å². The van der Waals surface area contributed by atoms with Crippen LogP contribution >= 0.6 is 0 Å². The number of amides is 1. The van der Waals surface area contributed by atoms with Crippen molar-refractivity contribution in [1.82, 2.24) is 9.88 Å². The van der Waals surface area contributed by atoms with Crippen molar-refractivity contribution in [2.24, 2.45) is 0 Å². The van der Waals surface area contributed by atoms with Gasteiger partial charge in [0.2, 0.25) is 0 Å². The van der Waals surface area contributed by atoms with E-state index in [4.69, 9.17) is 9.84 Å². The zero-order valence-corrected chi connectivity index (χ0v) is 10.9. The van der Waals surface area contributed by atoms with Gasteiger partial charge in [-0.15, -0.1) is 0 Å². The number of aromatic nitrogens is 1. The number of carbonyl (C=O) groups excluding carboxylic acids is 1. The molecular formula is C13H18N2O3. The number of aliphatic hydroxyl groups is 1. The molecule has 1 aliphatic heterocycles. The van der Waals surface area contributed by atoms with Gasteiger partial charge in [0, 0.05) is 6.20 Å². The lowest BCUT2D eigenvalue weighted by Crippen LogP contribution is -2.33. The number of rotatable bonds is 1. The van der Waals surface area contributed by atoms with Crippen LogP contribution in [0.1, 0.15) is 37.6 Å². The maximum absolute atomic E-state index is 11.9. The molecule has 0 atom stereocenters. The minimum Gasteiger partial charge on any atom is -0.444 e. The Labute approximate surface area is 106 Å². The van der Waals surface area contributed by atoms with E-state index in [-0.39, 0.29) is 12.7 Å². The van der Waals surface area contributed by atoms with Gasteiger partial charge in [-0.25, -0.2) is 4.79 Å². The third kappa shape index (κ3) is 2.79. The number of fused-ring (bicyclic) bond motifs is 1. The van der Waals surface area contributed by atoms with E-state index in [0.717, 1.165) is 16.8 Å². The van der Waals surface area contributed by atoms with Crippen molar-refractivity contribution in [1.29, 1.82) is 0 Å². The molecule has 5 nitrogen and oxygen atoms in total. The Morgan fingerprint density at radius 3 is 2.83 bits per heavy atom. The van der Waals surface area contributed by atoms with E-state index in [2.05, 4.69) is 4.98 Å². The first-order chi connectivity index (χ1) is 8.39. The summed E-state index contributed by atoms with van der Waals surface area (Å²) in [7, 11) is 0. The number of hydrogen-bond donors (Lipinski definition) is 1. The molecule has 1 aromatic heterocycles. The normalized spacial score (nSPS) is 14.6. The van der Waals surface area contributed by atoms with Gasteiger partial charge in [0.1, 0.15) is 5.60 Å². The van der Waals surface area contributed by atoms with Crippen LogP contribution in [0.5, 0.6) is 0 Å². The zero-order valence-electron chi connectivity index (χ0n) is 10.9. The molecule has 0 spiro atoms. The summed E-state index contributed by atoms with van der Waals surface area (Å²) in [6.45, 7) is 6.45. The molecule has 0 bridgehead atoms. The Kier molecular flexibility index (Phi) is 3.26. The fraction of sp³-hybridized carbons (Fsp3) is 0.538. The van der Waals surface area contributed by atoms with Crippen LogP contribution in [0.4, 0.5) is 4.79 Å². The number of hydrogen-bond acceptors (Lipinski definition) is 4. The zero-order chi connectivity index (χ0) is 13.3. The average molecular weight is 250 g/mol. The fourth-order valence-corrected chi connectivity index (χ4v) is 1.85. The molecule has 0 aliphatic carbocycles. The van der Waals surface area contributed by atoms with Gasteiger partial charge in [0.25, 0.3) is 0 Å². The molecule has 0 unspecified atom stereocenters. The van der Waals surface area contributed by atoms with E-state index in [9.17, 15) is 4.79 Å². The predicted octanol–water partition coefficient (Wildman–Crippen LogP) is 1.82. The molecule has 1 N–H and O–H groups in total. The molecule has 0 saturated heterocycles. The van der Waals surface area contributed by atoms with Crippen molar-refractivity contribution >= 4 is 6.09 Å². The van der Waals surface area contributed by atoms with Crippen molar-refractivity contribution in [3.63, 3.8) is 0 Å². The van der Waals surface area contributed by atoms with E-state index in [1.54, 1.807) is 11.1 Å². The van der Waals surface area contributed by atoms with Crippen molar-refractivity contribution in [2.75, 3.05) is 0 Å². The van der Waals surface area contributed by atoms with Gasteiger partial charge in [0.05, 0.1) is 25.4 Å². The summed E-state index contributed by atoms with van der Waals surface area (Å²) in [6.07, 6.45) is 1.31. The van der Waals surface area contributed by atoms with Crippen molar-refractivity contribution in [2.45, 2.75) is 46.1 Å². The second-order valence-corrected chi connectivity index (χ2v) is 5.44. The minimum absolute atomic E-state index is 0.0350. The van der Waals surface area contributed by atoms with E-state index in [0.29, 0.717) is 13.1 Å². The monoisotopic (exact) mass is 250 g/mol. The van der Waals surface area contributed by atoms with Crippen LogP contribution in [0.3, 0.4) is 0 Å². The smallest absolute Gasteiger partial charge is 0.410 e. The standard InChI is InChI=1S/C13H18N2O3/c1-13(2,3)18-12(17)15-6-10-4-9(8-16)5-14-11(10)7-15/h4-5,16H,6-8H2,1-3H3. The molecule has 1 aromatic rings. The first-order valence-electron chi connectivity index (χ1n) is 5.94. The van der Waals surface area contributed by atoms with Crippen LogP contribution in [0.15, 0.2) is 12.3 Å². The highest BCUT2D eigenvalue weighted by molar-refractivity contribution is 5.69. The lowest BCUT2D eigenvalue weighted by Gasteiger charge is -2.23. The second-order valence-electron chi connectivity index (χ2n) is 5.44. The first-order valence-corrected chi connectivity index (χ1v) is 5.94. The number of carbonyl (C=O) groups is 1. The highest BCUT2D eigenvalue weighted by Crippen LogP contribution is 2.23. The van der Waals surface area contributed by atoms with Crippen molar-refractivity contribution in [3.8, 4) is 0 Å². The summed E-state index contributed by atoms with van der Waals surface area (Å²) in [5.74, 6) is 0. The largest absolute Gasteiger partial charge is 0.444 e. The van der Waals surface area contributed by atoms with Crippen LogP contribution in [0, 0.1) is 0 Å². The Morgan fingerprint density at radius 2 is 2.22 bits per heavy atom. The van der Waals surface area contributed by atoms with E-state index >= 15 is 0 Å². The van der Waals surface area contributed by atoms with E-state index in [1.807, 2.05) is 26.8 Å². The molecule has 2 heterocycles. The van der Waals surface area contributed by atoms with Crippen LogP contribution in [0.2, 0.25) is 0 Å². The molecule has 0 aromatic carbocycles. The summed E-state index contributed by atoms with van der Waals surface area (Å²) < 4.78 is 5.32. The van der Waals surface area contributed by atoms with Gasteiger partial charge in [-0.2, -0.15) is 0 Å². The SMILES string of the molecule is CC(C)(C)OC(=O)N1Cc2cc(CO)cnc2C1. The van der Waals surface area contributed by atoms with E-state index in [1.165, 1.54) is 0 Å². The highest BCUT2D eigenvalue weighted by Gasteiger charge is 2.28. The average Bonchev–Trinajstić information content (AvgIpc) is 2.69. The number of nitrogens with zero attached hydrogens (tertiary/aromatic N) is 2. The summed E-state index contributed by atoms with van der Waals surface area (Å²) in [4.78, 5) is 17.8. The first kappa shape index (κ1) is 12.8. The third-order valence-electron chi connectivity index (χ3n) is 2.65. The number of ether oxygens (including phenoxy) is 1. The van der Waals surface area contributed by atoms with Crippen molar-refractivity contribution in [3.05, 3.63) is 29.1 Å². The highest BCUT2D eigenvalue weighted by atomic mass is 16.6. The third-order valence-corrected chi connectivity index (χ3v) is 2.65. The number of aliphatic hydroxyl groups excluding tert-OH is 1. The van der Waals surface area contributed by atoms with Gasteiger partial charge < -0.3 is 9.84 Å². The molecule has 0 fully saturated rings. The Hall–Kier alpha value is -1.62. The Balaban J connectivity index is 2.08. The topological polar surface area (TPSA) is 62.7 Å². The quantitative estimate of drug-likeness (QED) is 0.826. The molecular weight excluding hydrogens is 232 g/mol. The molecule has 2 rings (SSSR count). The fourth-order valence-electron chi connectivity index (χ4n) is 1.85. The van der Waals surface area contributed by atoms with Crippen LogP contribution in [0.25, 0.3) is 0 Å². The molecule has 0 saturated carbocycles. The Morgan fingerprint density at radius 1 is 1.50 bits per heavy atom. The second kappa shape index (κ2) is 4.57. The summed E-state index contributed by atoms with van der Waals surface area (Å²) in [5.41, 5.74) is 2.13. The van der Waals surface area contributed by atoms with Crippen LogP contribution in [-0.4, -0.2) is 26.7 Å². The van der Waals surface area contributed by atoms with Crippen LogP contribution < -0.4 is 0 Å². The van der Waals surface area contributed by atoms with Crippen LogP contribution in [-0.2, 0) is 24.4 Å². The Bertz CT molecular complexity index is 466. The predicted molar refractivity (Wildman–Crippen MR) is 65.6 cm³/mol. The molecule has 1 aliphatic rings. The van der Waals surface area contributed by atoms with Gasteiger partial charge in [0.15, 0.2) is 0 Å². The van der Waals surface area contributed by atoms with E-state index < -0.39 is 5.60 Å². The minimum atomic E-state index is -0.491. The molecule has 18 heavy (non-hydrogen) atoms. The van der Waals surface area contributed by atoms with Gasteiger partial charge in [-0.1, -0.05) is 0 Å². The lowest BCUT2D eigenvalue weighted by molar-refractivity contribution is 0.0240. The van der Waals surface area contributed by atoms with Gasteiger partial charge in [-0.05, 0) is 38.0 Å². The van der Waals surface area contributed by atoms with Gasteiger partial charge in [-0.3, -0.25) is 9.88 Å². The summed E-state index contributed by atoms with van der Waals surface area (Å²) in [5, 5.41) is 9.05. The summed E-state index contributed by atoms with van der Waals surface area (Å²) in [6, 6.07) is 1.88. The molecule has 1 amide bonds.